The van der Waals surface area contributed by atoms with Gasteiger partial charge >= 0.3 is 0 Å². The van der Waals surface area contributed by atoms with E-state index in [2.05, 4.69) is 20.3 Å². The van der Waals surface area contributed by atoms with Gasteiger partial charge in [0.1, 0.15) is 11.6 Å². The zero-order valence-corrected chi connectivity index (χ0v) is 16.7. The Kier molecular flexibility index (Phi) is 5.68. The maximum absolute atomic E-state index is 14.1. The number of aryl methyl sites for hydroxylation is 1. The summed E-state index contributed by atoms with van der Waals surface area (Å²) in [7, 11) is 0. The summed E-state index contributed by atoms with van der Waals surface area (Å²) in [4.78, 5) is 14.2. The average Bonchev–Trinajstić information content (AvgIpc) is 3.12. The molecular weight excluding hydrogens is 414 g/mol. The highest BCUT2D eigenvalue weighted by Gasteiger charge is 2.16. The molecule has 4 aromatic rings. The van der Waals surface area contributed by atoms with Gasteiger partial charge in [0.25, 0.3) is 0 Å². The Balaban J connectivity index is 1.70. The third-order valence-corrected chi connectivity index (χ3v) is 5.60. The molecule has 1 aromatic carbocycles. The Morgan fingerprint density at radius 3 is 2.55 bits per heavy atom. The van der Waals surface area contributed by atoms with Crippen molar-refractivity contribution in [2.24, 2.45) is 0 Å². The van der Waals surface area contributed by atoms with Crippen molar-refractivity contribution in [2.45, 2.75) is 16.7 Å². The molecule has 0 fully saturated rings. The topological polar surface area (TPSA) is 59.9 Å². The molecule has 3 heterocycles. The Labute approximate surface area is 173 Å². The van der Waals surface area contributed by atoms with Crippen LogP contribution in [0.5, 0.6) is 11.5 Å². The summed E-state index contributed by atoms with van der Waals surface area (Å²) in [5.41, 5.74) is 0.882. The quantitative estimate of drug-likeness (QED) is 0.394. The second kappa shape index (κ2) is 8.54. The number of benzene rings is 1. The van der Waals surface area contributed by atoms with Gasteiger partial charge < -0.3 is 10.1 Å². The Morgan fingerprint density at radius 1 is 1.10 bits per heavy atom. The zero-order valence-electron chi connectivity index (χ0n) is 15.1. The lowest BCUT2D eigenvalue weighted by Crippen LogP contribution is -1.98. The fourth-order valence-corrected chi connectivity index (χ4v) is 3.91. The fraction of sp³-hybridized carbons (Fsp3) is 0.0500. The molecule has 0 spiro atoms. The second-order valence-corrected chi connectivity index (χ2v) is 7.85. The largest absolute Gasteiger partial charge is 0.450 e. The number of rotatable bonds is 6. The number of para-hydroxylation sites is 1. The molecule has 0 saturated heterocycles. The minimum atomic E-state index is -0.785. The number of nitrogens with one attached hydrogen (secondary N) is 1. The number of aromatic nitrogens is 3. The molecule has 3 aromatic heterocycles. The Bertz CT molecular complexity index is 1120. The molecule has 29 heavy (non-hydrogen) atoms. The number of anilines is 2. The smallest absolute Gasteiger partial charge is 0.198 e. The van der Waals surface area contributed by atoms with E-state index in [0.717, 1.165) is 22.7 Å². The van der Waals surface area contributed by atoms with Crippen LogP contribution in [0, 0.1) is 18.6 Å². The van der Waals surface area contributed by atoms with Crippen molar-refractivity contribution in [1.82, 2.24) is 15.0 Å². The number of pyridine rings is 2. The Morgan fingerprint density at radius 2 is 1.86 bits per heavy atom. The van der Waals surface area contributed by atoms with Gasteiger partial charge in [-0.1, -0.05) is 17.8 Å². The molecule has 1 N–H and O–H groups in total. The van der Waals surface area contributed by atoms with E-state index in [4.69, 9.17) is 4.74 Å². The van der Waals surface area contributed by atoms with Gasteiger partial charge in [-0.2, -0.15) is 0 Å². The predicted octanol–water partition coefficient (Wildman–Crippen LogP) is 6.21. The molecule has 0 aliphatic carbocycles. The van der Waals surface area contributed by atoms with Gasteiger partial charge in [-0.15, -0.1) is 11.3 Å². The summed E-state index contributed by atoms with van der Waals surface area (Å²) >= 11 is 2.78. The molecule has 5 nitrogen and oxygen atoms in total. The SMILES string of the molecule is Cc1csc(Nc2cc(Oc3c(F)cccc3F)c(Sc3ccncc3)cn2)n1. The van der Waals surface area contributed by atoms with Crippen LogP contribution >= 0.6 is 23.1 Å². The molecule has 0 aliphatic heterocycles. The van der Waals surface area contributed by atoms with Crippen molar-refractivity contribution < 1.29 is 13.5 Å². The molecule has 0 unspecified atom stereocenters. The van der Waals surface area contributed by atoms with E-state index in [9.17, 15) is 8.78 Å². The first-order chi connectivity index (χ1) is 14.1. The third-order valence-electron chi connectivity index (χ3n) is 3.69. The van der Waals surface area contributed by atoms with Crippen LogP contribution in [-0.4, -0.2) is 15.0 Å². The first kappa shape index (κ1) is 19.3. The molecule has 0 atom stereocenters. The molecule has 4 rings (SSSR count). The molecular formula is C20H14F2N4OS2. The van der Waals surface area contributed by atoms with E-state index in [1.807, 2.05) is 24.4 Å². The van der Waals surface area contributed by atoms with E-state index in [1.54, 1.807) is 24.7 Å². The lowest BCUT2D eigenvalue weighted by Gasteiger charge is -2.13. The van der Waals surface area contributed by atoms with E-state index < -0.39 is 17.4 Å². The van der Waals surface area contributed by atoms with Crippen LogP contribution < -0.4 is 10.1 Å². The Hall–Kier alpha value is -3.04. The number of nitrogens with zero attached hydrogens (tertiary/aromatic N) is 3. The van der Waals surface area contributed by atoms with E-state index in [1.165, 1.54) is 29.2 Å². The zero-order chi connectivity index (χ0) is 20.2. The van der Waals surface area contributed by atoms with Crippen LogP contribution in [0.15, 0.2) is 70.2 Å². The number of thiazole rings is 1. The minimum Gasteiger partial charge on any atom is -0.450 e. The number of ether oxygens (including phenoxy) is 1. The van der Waals surface area contributed by atoms with Crippen molar-refractivity contribution >= 4 is 34.0 Å². The number of halogens is 2. The van der Waals surface area contributed by atoms with Crippen LogP contribution in [0.2, 0.25) is 0 Å². The molecule has 0 bridgehead atoms. The summed E-state index contributed by atoms with van der Waals surface area (Å²) in [6.45, 7) is 1.89. The molecule has 9 heteroatoms. The van der Waals surface area contributed by atoms with E-state index in [0.29, 0.717) is 15.8 Å². The fourth-order valence-electron chi connectivity index (χ4n) is 2.39. The van der Waals surface area contributed by atoms with E-state index in [-0.39, 0.29) is 5.75 Å². The molecule has 0 radical (unpaired) electrons. The number of hydrogen-bond donors (Lipinski definition) is 1. The standard InChI is InChI=1S/C20H14F2N4OS2/c1-12-11-28-20(25-12)26-18-9-16(27-19-14(21)3-2-4-15(19)22)17(10-24-18)29-13-5-7-23-8-6-13/h2-11H,1H3,(H,24,25,26). The molecule has 0 amide bonds. The lowest BCUT2D eigenvalue weighted by atomic mass is 10.3. The molecule has 146 valence electrons. The maximum Gasteiger partial charge on any atom is 0.198 e. The second-order valence-electron chi connectivity index (χ2n) is 5.87. The highest BCUT2D eigenvalue weighted by Crippen LogP contribution is 2.39. The summed E-state index contributed by atoms with van der Waals surface area (Å²) in [5.74, 6) is -1.32. The van der Waals surface area contributed by atoms with Crippen molar-refractivity contribution in [3.05, 3.63) is 77.7 Å². The van der Waals surface area contributed by atoms with Crippen LogP contribution in [0.25, 0.3) is 0 Å². The van der Waals surface area contributed by atoms with Crippen molar-refractivity contribution in [2.75, 3.05) is 5.32 Å². The monoisotopic (exact) mass is 428 g/mol. The van der Waals surface area contributed by atoms with E-state index >= 15 is 0 Å². The first-order valence-electron chi connectivity index (χ1n) is 8.47. The number of hydrogen-bond acceptors (Lipinski definition) is 7. The van der Waals surface area contributed by atoms with Gasteiger partial charge in [0.2, 0.25) is 0 Å². The van der Waals surface area contributed by atoms with Crippen molar-refractivity contribution in [3.63, 3.8) is 0 Å². The third kappa shape index (κ3) is 4.69. The van der Waals surface area contributed by atoms with Crippen LogP contribution in [0.1, 0.15) is 5.69 Å². The highest BCUT2D eigenvalue weighted by atomic mass is 32.2. The maximum atomic E-state index is 14.1. The van der Waals surface area contributed by atoms with Gasteiger partial charge in [0.15, 0.2) is 22.5 Å². The minimum absolute atomic E-state index is 0.265. The summed E-state index contributed by atoms with van der Waals surface area (Å²) in [5, 5.41) is 5.65. The van der Waals surface area contributed by atoms with Crippen LogP contribution in [0.3, 0.4) is 0 Å². The average molecular weight is 428 g/mol. The highest BCUT2D eigenvalue weighted by molar-refractivity contribution is 7.99. The predicted molar refractivity (Wildman–Crippen MR) is 109 cm³/mol. The van der Waals surface area contributed by atoms with Gasteiger partial charge in [0.05, 0.1) is 10.6 Å². The van der Waals surface area contributed by atoms with Crippen molar-refractivity contribution in [1.29, 1.82) is 0 Å². The van der Waals surface area contributed by atoms with Crippen LogP contribution in [-0.2, 0) is 0 Å². The van der Waals surface area contributed by atoms with Gasteiger partial charge in [-0.3, -0.25) is 4.98 Å². The summed E-state index contributed by atoms with van der Waals surface area (Å²) < 4.78 is 33.9. The lowest BCUT2D eigenvalue weighted by molar-refractivity contribution is 0.400. The first-order valence-corrected chi connectivity index (χ1v) is 10.2. The van der Waals surface area contributed by atoms with Crippen LogP contribution in [0.4, 0.5) is 19.7 Å². The normalized spacial score (nSPS) is 10.7. The molecule has 0 saturated carbocycles. The van der Waals surface area contributed by atoms with Gasteiger partial charge in [0, 0.05) is 34.9 Å². The van der Waals surface area contributed by atoms with Gasteiger partial charge in [-0.25, -0.2) is 18.7 Å². The summed E-state index contributed by atoms with van der Waals surface area (Å²) in [6.07, 6.45) is 4.91. The van der Waals surface area contributed by atoms with Crippen molar-refractivity contribution in [3.8, 4) is 11.5 Å². The summed E-state index contributed by atoms with van der Waals surface area (Å²) in [6, 6.07) is 8.81. The van der Waals surface area contributed by atoms with Gasteiger partial charge in [-0.05, 0) is 31.2 Å². The molecule has 0 aliphatic rings.